The summed E-state index contributed by atoms with van der Waals surface area (Å²) in [4.78, 5) is 35.2. The van der Waals surface area contributed by atoms with Crippen LogP contribution in [0.15, 0.2) is 63.1 Å². The highest BCUT2D eigenvalue weighted by Crippen LogP contribution is 2.75. The second-order valence-electron chi connectivity index (χ2n) is 23.4. The number of nitrogens with zero attached hydrogens (tertiary/aromatic N) is 1. The van der Waals surface area contributed by atoms with Gasteiger partial charge in [-0.2, -0.15) is 0 Å². The number of Topliss-reactive ketones (excluding diaryl/α,β-unsaturated/α-hetero) is 2. The standard InChI is InChI=1S/C53H70N2O7/c1-29-20-32(30-13-18-61-19-14-30)22-33(21-29)36(28-56)34-26-55-27-35-41-42(50(6,23-38(58)47-49(4,5)62-47)15-10-31-25-54-43(34)44(31)55)37(57)24-53(41,9)52(8)17-11-39-48(2,3)40(59)12-16-51(39,7)46(52)45(35)60/h20-22,25,28,30,35,38-39,45-47,56,58,60H,10-19,23-24,26-27H2,1-9H3. The smallest absolute Gasteiger partial charge is 0.162 e. The van der Waals surface area contributed by atoms with E-state index in [1.807, 2.05) is 20.1 Å². The summed E-state index contributed by atoms with van der Waals surface area (Å²) < 4.78 is 11.7. The number of hydrogen-bond acceptors (Lipinski definition) is 8. The Morgan fingerprint density at radius 1 is 1.00 bits per heavy atom. The summed E-state index contributed by atoms with van der Waals surface area (Å²) in [6, 6.07) is 6.60. The third-order valence-corrected chi connectivity index (χ3v) is 19.2. The Morgan fingerprint density at radius 3 is 2.42 bits per heavy atom. The Hall–Kier alpha value is -3.21. The minimum absolute atomic E-state index is 0.123. The average Bonchev–Trinajstić information content (AvgIpc) is 3.46. The Labute approximate surface area is 368 Å². The van der Waals surface area contributed by atoms with E-state index in [0.717, 1.165) is 96.4 Å². The molecule has 9 aliphatic rings. The van der Waals surface area contributed by atoms with E-state index in [1.165, 1.54) is 10.5 Å². The van der Waals surface area contributed by atoms with Gasteiger partial charge in [-0.1, -0.05) is 65.3 Å². The van der Waals surface area contributed by atoms with E-state index in [1.54, 1.807) is 0 Å². The van der Waals surface area contributed by atoms with Crippen molar-refractivity contribution in [3.05, 3.63) is 74.8 Å². The zero-order valence-corrected chi connectivity index (χ0v) is 38.7. The number of rotatable bonds is 6. The summed E-state index contributed by atoms with van der Waals surface area (Å²) in [5.74, 6) is 0.485. The van der Waals surface area contributed by atoms with Crippen molar-refractivity contribution in [2.75, 3.05) is 26.3 Å². The van der Waals surface area contributed by atoms with E-state index in [4.69, 9.17) is 14.5 Å². The van der Waals surface area contributed by atoms with Gasteiger partial charge in [-0.3, -0.25) is 14.5 Å². The van der Waals surface area contributed by atoms with Crippen LogP contribution >= 0.6 is 0 Å². The number of epoxide rings is 1. The van der Waals surface area contributed by atoms with Crippen LogP contribution in [-0.2, 0) is 19.1 Å². The zero-order chi connectivity index (χ0) is 44.1. The highest BCUT2D eigenvalue weighted by atomic mass is 16.6. The Kier molecular flexibility index (Phi) is 9.75. The molecule has 1 aromatic rings. The molecular weight excluding hydrogens is 777 g/mol. The number of aliphatic imine (C=N–C) groups is 1. The molecule has 9 heteroatoms. The molecule has 11 atom stereocenters. The van der Waals surface area contributed by atoms with Crippen molar-refractivity contribution in [3.8, 4) is 0 Å². The van der Waals surface area contributed by atoms with Crippen LogP contribution < -0.4 is 10.0 Å². The number of aliphatic hydroxyl groups is 2. The van der Waals surface area contributed by atoms with Crippen molar-refractivity contribution in [3.63, 3.8) is 0 Å². The van der Waals surface area contributed by atoms with Crippen molar-refractivity contribution < 1.29 is 39.3 Å². The van der Waals surface area contributed by atoms with Gasteiger partial charge < -0.3 is 24.8 Å². The van der Waals surface area contributed by atoms with Crippen LogP contribution in [0.4, 0.5) is 0 Å². The number of carbonyl (C=O) groups excluding carboxylic acids is 2. The minimum atomic E-state index is -0.764. The lowest BCUT2D eigenvalue weighted by Gasteiger charge is -2.70. The van der Waals surface area contributed by atoms with Crippen molar-refractivity contribution >= 4 is 23.4 Å². The first-order chi connectivity index (χ1) is 29.2. The maximum atomic E-state index is 15.3. The molecule has 3 saturated carbocycles. The summed E-state index contributed by atoms with van der Waals surface area (Å²) in [5.41, 5.74) is 7.09. The van der Waals surface area contributed by atoms with Crippen LogP contribution in [-0.4, -0.2) is 78.2 Å². The van der Waals surface area contributed by atoms with E-state index in [2.05, 4.69) is 66.7 Å². The van der Waals surface area contributed by atoms with E-state index in [0.29, 0.717) is 62.5 Å². The summed E-state index contributed by atoms with van der Waals surface area (Å²) in [7, 11) is 0. The minimum Gasteiger partial charge on any atom is -0.877 e. The number of ether oxygens (including phenoxy) is 2. The highest BCUT2D eigenvalue weighted by molar-refractivity contribution is 6.02. The largest absolute Gasteiger partial charge is 0.877 e. The van der Waals surface area contributed by atoms with E-state index in [9.17, 15) is 20.1 Å². The monoisotopic (exact) mass is 847 g/mol. The molecule has 5 heterocycles. The number of fused-ring (bicyclic) bond motifs is 4. The summed E-state index contributed by atoms with van der Waals surface area (Å²) in [6.07, 6.45) is 8.15. The van der Waals surface area contributed by atoms with Crippen molar-refractivity contribution in [1.82, 2.24) is 0 Å². The van der Waals surface area contributed by atoms with Crippen molar-refractivity contribution in [1.29, 1.82) is 0 Å². The zero-order valence-electron chi connectivity index (χ0n) is 38.7. The molecule has 0 amide bonds. The highest BCUT2D eigenvalue weighted by Gasteiger charge is 2.73. The number of benzene rings is 1. The number of aryl methyl sites for hydroxylation is 1. The fourth-order valence-corrected chi connectivity index (χ4v) is 16.0. The summed E-state index contributed by atoms with van der Waals surface area (Å²) >= 11 is 0. The summed E-state index contributed by atoms with van der Waals surface area (Å²) in [5, 5.41) is 39.0. The second-order valence-corrected chi connectivity index (χ2v) is 23.4. The average molecular weight is 847 g/mol. The normalized spacial score (nSPS) is 41.6. The quantitative estimate of drug-likeness (QED) is 0.220. The van der Waals surface area contributed by atoms with Crippen LogP contribution in [0.1, 0.15) is 142 Å². The van der Waals surface area contributed by atoms with Crippen molar-refractivity contribution in [2.45, 2.75) is 156 Å². The molecule has 11 unspecified atom stereocenters. The number of allylic oxidation sites excluding steroid dienone is 2. The van der Waals surface area contributed by atoms with Gasteiger partial charge in [0.1, 0.15) is 24.1 Å². The molecule has 334 valence electrons. The Bertz CT molecular complexity index is 2290. The molecule has 10 rings (SSSR count). The van der Waals surface area contributed by atoms with E-state index < -0.39 is 39.5 Å². The van der Waals surface area contributed by atoms with Gasteiger partial charge in [0.05, 0.1) is 30.3 Å². The molecule has 0 aromatic heterocycles. The van der Waals surface area contributed by atoms with Gasteiger partial charge >= 0.3 is 0 Å². The molecule has 2 saturated heterocycles. The number of quaternary nitrogens is 1. The fourth-order valence-electron chi connectivity index (χ4n) is 16.0. The lowest BCUT2D eigenvalue weighted by Crippen LogP contribution is -3.10. The van der Waals surface area contributed by atoms with Gasteiger partial charge in [0, 0.05) is 59.8 Å². The lowest BCUT2D eigenvalue weighted by atomic mass is 9.34. The third-order valence-electron chi connectivity index (χ3n) is 19.2. The first-order valence-corrected chi connectivity index (χ1v) is 23.9. The van der Waals surface area contributed by atoms with Gasteiger partial charge in [-0.25, -0.2) is 4.99 Å². The molecule has 0 bridgehead atoms. The number of hydrogen-bond donors (Lipinski definition) is 3. The molecule has 0 radical (unpaired) electrons. The molecule has 5 fully saturated rings. The van der Waals surface area contributed by atoms with Crippen LogP contribution in [0.25, 0.3) is 5.57 Å². The van der Waals surface area contributed by atoms with Gasteiger partial charge in [-0.05, 0) is 128 Å². The van der Waals surface area contributed by atoms with Gasteiger partial charge in [-0.15, -0.1) is 6.26 Å². The molecule has 62 heavy (non-hydrogen) atoms. The predicted octanol–water partition coefficient (Wildman–Crippen LogP) is 6.50. The van der Waals surface area contributed by atoms with Crippen LogP contribution in [0.2, 0.25) is 0 Å². The van der Waals surface area contributed by atoms with Crippen molar-refractivity contribution in [2.24, 2.45) is 49.8 Å². The van der Waals surface area contributed by atoms with Crippen LogP contribution in [0.3, 0.4) is 0 Å². The second kappa shape index (κ2) is 14.1. The van der Waals surface area contributed by atoms with Gasteiger partial charge in [0.25, 0.3) is 0 Å². The molecule has 9 nitrogen and oxygen atoms in total. The number of aliphatic hydroxyl groups excluding tert-OH is 2. The number of ketones is 2. The Morgan fingerprint density at radius 2 is 1.73 bits per heavy atom. The van der Waals surface area contributed by atoms with E-state index >= 15 is 4.79 Å². The molecule has 4 aliphatic carbocycles. The molecule has 0 spiro atoms. The maximum Gasteiger partial charge on any atom is 0.162 e. The first-order valence-electron chi connectivity index (χ1n) is 23.9. The molecule has 1 aromatic carbocycles. The number of carbonyl (C=O) groups is 2. The summed E-state index contributed by atoms with van der Waals surface area (Å²) in [6.45, 7) is 22.2. The Balaban J connectivity index is 1.12. The number of nitrogens with one attached hydrogen (secondary N) is 1. The first kappa shape index (κ1) is 42.7. The maximum absolute atomic E-state index is 15.3. The van der Waals surface area contributed by atoms with Crippen LogP contribution in [0.5, 0.6) is 0 Å². The van der Waals surface area contributed by atoms with Gasteiger partial charge in [0.2, 0.25) is 0 Å². The predicted molar refractivity (Wildman–Crippen MR) is 237 cm³/mol. The SMILES string of the molecule is Cc1cc(C(=C[O-])C2=C3N=CC4=C3[NH+](C2)CC2C3=C(C(=O)CC3(C)C3(C)CCC5C(C)(C)C(=O)CCC5(C)C3C2O)C(C)(CC(O)C2OC2(C)C)CC4)cc(C2CCOCC2)c1. The topological polar surface area (TPSA) is 136 Å². The van der Waals surface area contributed by atoms with Crippen LogP contribution in [0, 0.1) is 51.8 Å². The fraction of sp³-hybridized carbons (Fsp3) is 0.679. The molecule has 3 N–H and O–H groups in total. The molecular formula is C53H70N2O7. The molecule has 5 aliphatic heterocycles. The lowest BCUT2D eigenvalue weighted by molar-refractivity contribution is -0.852. The van der Waals surface area contributed by atoms with Gasteiger partial charge in [0.15, 0.2) is 11.5 Å². The van der Waals surface area contributed by atoms with E-state index in [-0.39, 0.29) is 35.1 Å². The third kappa shape index (κ3) is 5.99.